The minimum Gasteiger partial charge on any atom is -0.466 e. The highest BCUT2D eigenvalue weighted by molar-refractivity contribution is 6.05. The van der Waals surface area contributed by atoms with Crippen molar-refractivity contribution in [1.82, 2.24) is 9.78 Å². The molecule has 1 N–H and O–H groups in total. The van der Waals surface area contributed by atoms with Gasteiger partial charge in [0, 0.05) is 5.69 Å². The molecule has 0 saturated carbocycles. The molecular formula is C20H18F3N3O4. The molecule has 0 bridgehead atoms. The molecule has 158 valence electrons. The summed E-state index contributed by atoms with van der Waals surface area (Å²) in [6, 6.07) is 7.15. The predicted octanol–water partition coefficient (Wildman–Crippen LogP) is 4.53. The van der Waals surface area contributed by atoms with Crippen molar-refractivity contribution in [2.24, 2.45) is 0 Å². The lowest BCUT2D eigenvalue weighted by Crippen LogP contribution is -2.18. The number of alkyl halides is 3. The second kappa shape index (κ2) is 8.05. The number of esters is 1. The summed E-state index contributed by atoms with van der Waals surface area (Å²) in [6.45, 7) is 4.80. The van der Waals surface area contributed by atoms with Gasteiger partial charge in [-0.25, -0.2) is 9.48 Å². The van der Waals surface area contributed by atoms with Crippen molar-refractivity contribution in [2.75, 3.05) is 11.9 Å². The molecule has 2 aromatic heterocycles. The number of halogens is 3. The Morgan fingerprint density at radius 1 is 1.17 bits per heavy atom. The minimum absolute atomic E-state index is 0.0613. The Balaban J connectivity index is 1.88. The van der Waals surface area contributed by atoms with E-state index in [2.05, 4.69) is 15.2 Å². The molecule has 0 saturated heterocycles. The zero-order valence-electron chi connectivity index (χ0n) is 16.3. The fourth-order valence-electron chi connectivity index (χ4n) is 2.92. The number of rotatable bonds is 5. The van der Waals surface area contributed by atoms with Gasteiger partial charge >= 0.3 is 12.1 Å². The Morgan fingerprint density at radius 2 is 1.83 bits per heavy atom. The number of furan rings is 1. The number of aryl methyl sites for hydroxylation is 2. The van der Waals surface area contributed by atoms with E-state index in [-0.39, 0.29) is 12.3 Å². The van der Waals surface area contributed by atoms with Crippen molar-refractivity contribution in [3.05, 3.63) is 64.9 Å². The van der Waals surface area contributed by atoms with E-state index in [1.165, 1.54) is 31.2 Å². The van der Waals surface area contributed by atoms with E-state index in [4.69, 9.17) is 4.42 Å². The predicted molar refractivity (Wildman–Crippen MR) is 101 cm³/mol. The number of hydrogen-bond donors (Lipinski definition) is 1. The minimum atomic E-state index is -4.83. The first-order valence-corrected chi connectivity index (χ1v) is 8.93. The molecule has 0 spiro atoms. The van der Waals surface area contributed by atoms with Gasteiger partial charge in [-0.2, -0.15) is 18.3 Å². The number of benzene rings is 1. The van der Waals surface area contributed by atoms with Crippen LogP contribution in [0.2, 0.25) is 0 Å². The number of carbonyl (C=O) groups excluding carboxylic acids is 2. The van der Waals surface area contributed by atoms with Crippen LogP contribution in [0.3, 0.4) is 0 Å². The maximum Gasteiger partial charge on any atom is 0.434 e. The molecule has 30 heavy (non-hydrogen) atoms. The lowest BCUT2D eigenvalue weighted by molar-refractivity contribution is -0.143. The van der Waals surface area contributed by atoms with Crippen LogP contribution in [0.15, 0.2) is 40.9 Å². The molecule has 0 unspecified atom stereocenters. The second-order valence-electron chi connectivity index (χ2n) is 6.36. The summed E-state index contributed by atoms with van der Waals surface area (Å²) in [5, 5.41) is 6.36. The van der Waals surface area contributed by atoms with Crippen LogP contribution in [0.1, 0.15) is 44.9 Å². The van der Waals surface area contributed by atoms with E-state index in [0.717, 1.165) is 6.20 Å². The van der Waals surface area contributed by atoms with Crippen LogP contribution >= 0.6 is 0 Å². The van der Waals surface area contributed by atoms with Crippen LogP contribution in [-0.2, 0) is 10.9 Å². The number of anilines is 1. The van der Waals surface area contributed by atoms with Gasteiger partial charge in [-0.15, -0.1) is 0 Å². The van der Waals surface area contributed by atoms with E-state index < -0.39 is 29.3 Å². The normalized spacial score (nSPS) is 11.4. The first kappa shape index (κ1) is 21.2. The van der Waals surface area contributed by atoms with Crippen molar-refractivity contribution < 1.29 is 31.9 Å². The van der Waals surface area contributed by atoms with Crippen LogP contribution in [-0.4, -0.2) is 28.3 Å². The van der Waals surface area contributed by atoms with Crippen molar-refractivity contribution >= 4 is 17.6 Å². The van der Waals surface area contributed by atoms with Gasteiger partial charge in [0.15, 0.2) is 5.69 Å². The Morgan fingerprint density at radius 3 is 2.37 bits per heavy atom. The summed E-state index contributed by atoms with van der Waals surface area (Å²) in [5.74, 6) is -0.467. The van der Waals surface area contributed by atoms with E-state index >= 15 is 0 Å². The van der Waals surface area contributed by atoms with Crippen LogP contribution in [0, 0.1) is 13.8 Å². The number of hydrogen-bond acceptors (Lipinski definition) is 5. The summed E-state index contributed by atoms with van der Waals surface area (Å²) in [5.41, 5.74) is -1.11. The fraction of sp³-hybridized carbons (Fsp3) is 0.250. The molecular weight excluding hydrogens is 403 g/mol. The molecule has 1 aromatic carbocycles. The number of ether oxygens (including phenoxy) is 1. The standard InChI is InChI=1S/C20H18F3N3O4/c1-4-29-19(28)16-10-24-26(17(16)20(21,22)23)14-7-5-13(6-8-14)25-18(27)15-9-11(2)30-12(15)3/h5-10H,4H2,1-3H3,(H,25,27). The third-order valence-corrected chi connectivity index (χ3v) is 4.19. The summed E-state index contributed by atoms with van der Waals surface area (Å²) in [7, 11) is 0. The Labute approximate surface area is 169 Å². The highest BCUT2D eigenvalue weighted by atomic mass is 19.4. The van der Waals surface area contributed by atoms with Crippen LogP contribution in [0.25, 0.3) is 5.69 Å². The number of nitrogens with zero attached hydrogens (tertiary/aromatic N) is 2. The number of amides is 1. The van der Waals surface area contributed by atoms with Gasteiger partial charge in [0.25, 0.3) is 5.91 Å². The second-order valence-corrected chi connectivity index (χ2v) is 6.36. The highest BCUT2D eigenvalue weighted by Gasteiger charge is 2.41. The smallest absolute Gasteiger partial charge is 0.434 e. The van der Waals surface area contributed by atoms with E-state index in [1.807, 2.05) is 0 Å². The van der Waals surface area contributed by atoms with Gasteiger partial charge in [0.05, 0.1) is 24.1 Å². The molecule has 0 atom stereocenters. The highest BCUT2D eigenvalue weighted by Crippen LogP contribution is 2.34. The van der Waals surface area contributed by atoms with E-state index in [1.54, 1.807) is 19.9 Å². The zero-order chi connectivity index (χ0) is 22.1. The molecule has 3 aromatic rings. The van der Waals surface area contributed by atoms with Crippen LogP contribution in [0.4, 0.5) is 18.9 Å². The largest absolute Gasteiger partial charge is 0.466 e. The van der Waals surface area contributed by atoms with Crippen molar-refractivity contribution in [3.63, 3.8) is 0 Å². The average molecular weight is 421 g/mol. The van der Waals surface area contributed by atoms with Gasteiger partial charge in [-0.3, -0.25) is 4.79 Å². The van der Waals surface area contributed by atoms with Gasteiger partial charge in [-0.05, 0) is 51.1 Å². The maximum atomic E-state index is 13.6. The molecule has 0 radical (unpaired) electrons. The topological polar surface area (TPSA) is 86.4 Å². The lowest BCUT2D eigenvalue weighted by atomic mass is 10.2. The van der Waals surface area contributed by atoms with Gasteiger partial charge < -0.3 is 14.5 Å². The summed E-state index contributed by atoms with van der Waals surface area (Å²) in [6.07, 6.45) is -4.01. The molecule has 10 heteroatoms. The Hall–Kier alpha value is -3.56. The average Bonchev–Trinajstić information content (AvgIpc) is 3.26. The molecule has 0 aliphatic carbocycles. The molecule has 0 fully saturated rings. The first-order chi connectivity index (χ1) is 14.1. The molecule has 2 heterocycles. The fourth-order valence-corrected chi connectivity index (χ4v) is 2.92. The maximum absolute atomic E-state index is 13.6. The third kappa shape index (κ3) is 4.22. The number of carbonyl (C=O) groups is 2. The van der Waals surface area contributed by atoms with Gasteiger partial charge in [0.1, 0.15) is 17.1 Å². The zero-order valence-corrected chi connectivity index (χ0v) is 16.3. The summed E-state index contributed by atoms with van der Waals surface area (Å²) < 4.78 is 51.3. The van der Waals surface area contributed by atoms with Crippen LogP contribution in [0.5, 0.6) is 0 Å². The van der Waals surface area contributed by atoms with Gasteiger partial charge in [0.2, 0.25) is 0 Å². The quantitative estimate of drug-likeness (QED) is 0.612. The Bertz CT molecular complexity index is 1080. The third-order valence-electron chi connectivity index (χ3n) is 4.19. The van der Waals surface area contributed by atoms with E-state index in [0.29, 0.717) is 27.5 Å². The van der Waals surface area contributed by atoms with Crippen LogP contribution < -0.4 is 5.32 Å². The monoisotopic (exact) mass is 421 g/mol. The van der Waals surface area contributed by atoms with Crippen molar-refractivity contribution in [3.8, 4) is 5.69 Å². The summed E-state index contributed by atoms with van der Waals surface area (Å²) >= 11 is 0. The number of aromatic nitrogens is 2. The first-order valence-electron chi connectivity index (χ1n) is 8.93. The Kier molecular flexibility index (Phi) is 5.68. The van der Waals surface area contributed by atoms with Crippen molar-refractivity contribution in [2.45, 2.75) is 26.9 Å². The molecule has 0 aliphatic heterocycles. The molecule has 3 rings (SSSR count). The number of nitrogens with one attached hydrogen (secondary N) is 1. The molecule has 7 nitrogen and oxygen atoms in total. The van der Waals surface area contributed by atoms with Gasteiger partial charge in [-0.1, -0.05) is 0 Å². The molecule has 1 amide bonds. The molecule has 0 aliphatic rings. The summed E-state index contributed by atoms with van der Waals surface area (Å²) in [4.78, 5) is 24.2. The lowest BCUT2D eigenvalue weighted by Gasteiger charge is -2.13. The SMILES string of the molecule is CCOC(=O)c1cnn(-c2ccc(NC(=O)c3cc(C)oc3C)cc2)c1C(F)(F)F. The van der Waals surface area contributed by atoms with E-state index in [9.17, 15) is 22.8 Å². The van der Waals surface area contributed by atoms with Crippen molar-refractivity contribution in [1.29, 1.82) is 0 Å².